The van der Waals surface area contributed by atoms with Gasteiger partial charge in [-0.3, -0.25) is 9.48 Å². The zero-order valence-corrected chi connectivity index (χ0v) is 17.5. The van der Waals surface area contributed by atoms with Gasteiger partial charge in [-0.05, 0) is 50.7 Å². The van der Waals surface area contributed by atoms with E-state index in [4.69, 9.17) is 9.84 Å². The maximum Gasteiger partial charge on any atom is 0.255 e. The van der Waals surface area contributed by atoms with Crippen LogP contribution in [0.1, 0.15) is 28.8 Å². The van der Waals surface area contributed by atoms with E-state index in [1.807, 2.05) is 53.3 Å². The standard InChI is InChI=1S/C24H28N4O2/c1-27-13-11-20(12-14-27)25-24(29)22-17-28(16-18-7-4-3-5-8-18)26-23(22)19-9-6-10-21(15-19)30-2/h3-10,15,17,20H,11-14,16H2,1-2H3,(H,25,29). The summed E-state index contributed by atoms with van der Waals surface area (Å²) in [6.07, 6.45) is 3.79. The Morgan fingerprint density at radius 3 is 2.63 bits per heavy atom. The molecular formula is C24H28N4O2. The Morgan fingerprint density at radius 1 is 1.13 bits per heavy atom. The summed E-state index contributed by atoms with van der Waals surface area (Å²) in [6, 6.07) is 18.0. The lowest BCUT2D eigenvalue weighted by molar-refractivity contribution is 0.0917. The van der Waals surface area contributed by atoms with Crippen LogP contribution in [0.2, 0.25) is 0 Å². The number of amides is 1. The molecule has 1 aliphatic heterocycles. The molecule has 3 aromatic rings. The maximum absolute atomic E-state index is 13.2. The summed E-state index contributed by atoms with van der Waals surface area (Å²) in [6.45, 7) is 2.61. The zero-order valence-electron chi connectivity index (χ0n) is 17.5. The Balaban J connectivity index is 1.63. The highest BCUT2D eigenvalue weighted by atomic mass is 16.5. The number of likely N-dealkylation sites (tertiary alicyclic amines) is 1. The number of nitrogens with zero attached hydrogens (tertiary/aromatic N) is 3. The van der Waals surface area contributed by atoms with E-state index < -0.39 is 0 Å². The van der Waals surface area contributed by atoms with Crippen molar-refractivity contribution in [2.75, 3.05) is 27.2 Å². The number of nitrogens with one attached hydrogen (secondary N) is 1. The molecule has 0 saturated carbocycles. The van der Waals surface area contributed by atoms with Crippen LogP contribution in [0.15, 0.2) is 60.8 Å². The summed E-state index contributed by atoms with van der Waals surface area (Å²) in [5, 5.41) is 7.99. The average molecular weight is 405 g/mol. The SMILES string of the molecule is COc1cccc(-c2nn(Cc3ccccc3)cc2C(=O)NC2CCN(C)CC2)c1. The minimum Gasteiger partial charge on any atom is -0.497 e. The van der Waals surface area contributed by atoms with Gasteiger partial charge in [-0.1, -0.05) is 42.5 Å². The lowest BCUT2D eigenvalue weighted by Gasteiger charge is -2.29. The van der Waals surface area contributed by atoms with Gasteiger partial charge in [-0.15, -0.1) is 0 Å². The largest absolute Gasteiger partial charge is 0.497 e. The smallest absolute Gasteiger partial charge is 0.255 e. The summed E-state index contributed by atoms with van der Waals surface area (Å²) in [4.78, 5) is 15.5. The fourth-order valence-corrected chi connectivity index (χ4v) is 3.84. The van der Waals surface area contributed by atoms with E-state index in [9.17, 15) is 4.79 Å². The highest BCUT2D eigenvalue weighted by molar-refractivity contribution is 6.00. The first kappa shape index (κ1) is 20.2. The Labute approximate surface area is 177 Å². The monoisotopic (exact) mass is 404 g/mol. The van der Waals surface area contributed by atoms with E-state index in [1.54, 1.807) is 7.11 Å². The van der Waals surface area contributed by atoms with Crippen molar-refractivity contribution >= 4 is 5.91 Å². The van der Waals surface area contributed by atoms with Crippen LogP contribution in [-0.4, -0.2) is 53.9 Å². The van der Waals surface area contributed by atoms with Gasteiger partial charge < -0.3 is 15.0 Å². The lowest BCUT2D eigenvalue weighted by atomic mass is 10.0. The summed E-state index contributed by atoms with van der Waals surface area (Å²) in [7, 11) is 3.76. The van der Waals surface area contributed by atoms with E-state index in [-0.39, 0.29) is 11.9 Å². The third-order valence-electron chi connectivity index (χ3n) is 5.59. The molecule has 2 heterocycles. The summed E-state index contributed by atoms with van der Waals surface area (Å²) >= 11 is 0. The predicted octanol–water partition coefficient (Wildman–Crippen LogP) is 3.43. The van der Waals surface area contributed by atoms with Crippen molar-refractivity contribution in [3.8, 4) is 17.0 Å². The van der Waals surface area contributed by atoms with Crippen molar-refractivity contribution in [2.45, 2.75) is 25.4 Å². The van der Waals surface area contributed by atoms with Crippen molar-refractivity contribution in [1.29, 1.82) is 0 Å². The van der Waals surface area contributed by atoms with Gasteiger partial charge in [0.15, 0.2) is 0 Å². The third kappa shape index (κ3) is 4.71. The van der Waals surface area contributed by atoms with Crippen LogP contribution in [0.3, 0.4) is 0 Å². The maximum atomic E-state index is 13.2. The molecule has 156 valence electrons. The molecule has 6 nitrogen and oxygen atoms in total. The molecule has 2 aromatic carbocycles. The molecule has 1 saturated heterocycles. The van der Waals surface area contributed by atoms with Gasteiger partial charge in [0.25, 0.3) is 5.91 Å². The van der Waals surface area contributed by atoms with Crippen LogP contribution in [0.4, 0.5) is 0 Å². The second-order valence-electron chi connectivity index (χ2n) is 7.86. The molecule has 6 heteroatoms. The van der Waals surface area contributed by atoms with Crippen LogP contribution >= 0.6 is 0 Å². The van der Waals surface area contributed by atoms with Crippen LogP contribution in [0, 0.1) is 0 Å². The molecule has 0 unspecified atom stereocenters. The Morgan fingerprint density at radius 2 is 1.90 bits per heavy atom. The van der Waals surface area contributed by atoms with Gasteiger partial charge in [0.2, 0.25) is 0 Å². The number of hydrogen-bond acceptors (Lipinski definition) is 4. The zero-order chi connectivity index (χ0) is 20.9. The number of benzene rings is 2. The van der Waals surface area contributed by atoms with Crippen LogP contribution in [0.25, 0.3) is 11.3 Å². The van der Waals surface area contributed by atoms with Crippen LogP contribution in [0.5, 0.6) is 5.75 Å². The first-order valence-electron chi connectivity index (χ1n) is 10.4. The highest BCUT2D eigenvalue weighted by Crippen LogP contribution is 2.26. The van der Waals surface area contributed by atoms with E-state index in [1.165, 1.54) is 0 Å². The number of hydrogen-bond donors (Lipinski definition) is 1. The third-order valence-corrected chi connectivity index (χ3v) is 5.59. The van der Waals surface area contributed by atoms with Gasteiger partial charge in [-0.2, -0.15) is 5.10 Å². The number of ether oxygens (including phenoxy) is 1. The number of carbonyl (C=O) groups excluding carboxylic acids is 1. The molecule has 30 heavy (non-hydrogen) atoms. The average Bonchev–Trinajstić information content (AvgIpc) is 3.20. The fourth-order valence-electron chi connectivity index (χ4n) is 3.84. The molecule has 4 rings (SSSR count). The molecule has 1 aliphatic rings. The highest BCUT2D eigenvalue weighted by Gasteiger charge is 2.23. The molecule has 1 aromatic heterocycles. The lowest BCUT2D eigenvalue weighted by Crippen LogP contribution is -2.43. The minimum absolute atomic E-state index is 0.0679. The molecule has 0 spiro atoms. The number of piperidine rings is 1. The van der Waals surface area contributed by atoms with Gasteiger partial charge >= 0.3 is 0 Å². The number of methoxy groups -OCH3 is 1. The fraction of sp³-hybridized carbons (Fsp3) is 0.333. The van der Waals surface area contributed by atoms with Gasteiger partial charge in [0.1, 0.15) is 11.4 Å². The number of aromatic nitrogens is 2. The topological polar surface area (TPSA) is 59.4 Å². The predicted molar refractivity (Wildman–Crippen MR) is 118 cm³/mol. The second kappa shape index (κ2) is 9.13. The Bertz CT molecular complexity index is 991. The van der Waals surface area contributed by atoms with E-state index in [0.29, 0.717) is 17.8 Å². The molecule has 1 amide bonds. The summed E-state index contributed by atoms with van der Waals surface area (Å²) in [5.74, 6) is 0.675. The first-order valence-corrected chi connectivity index (χ1v) is 10.4. The van der Waals surface area contributed by atoms with Crippen molar-refractivity contribution in [1.82, 2.24) is 20.0 Å². The number of rotatable bonds is 6. The Hall–Kier alpha value is -3.12. The molecule has 0 bridgehead atoms. The molecule has 1 fully saturated rings. The first-order chi connectivity index (χ1) is 14.6. The molecule has 0 aliphatic carbocycles. The molecule has 1 N–H and O–H groups in total. The van der Waals surface area contributed by atoms with Crippen molar-refractivity contribution in [3.63, 3.8) is 0 Å². The van der Waals surface area contributed by atoms with E-state index in [2.05, 4.69) is 29.4 Å². The molecule has 0 radical (unpaired) electrons. The minimum atomic E-state index is -0.0679. The molecular weight excluding hydrogens is 376 g/mol. The Kier molecular flexibility index (Phi) is 6.14. The van der Waals surface area contributed by atoms with Crippen LogP contribution in [-0.2, 0) is 6.54 Å². The normalized spacial score (nSPS) is 15.1. The van der Waals surface area contributed by atoms with E-state index >= 15 is 0 Å². The quantitative estimate of drug-likeness (QED) is 0.684. The summed E-state index contributed by atoms with van der Waals surface area (Å²) < 4.78 is 7.21. The van der Waals surface area contributed by atoms with Crippen molar-refractivity contribution < 1.29 is 9.53 Å². The summed E-state index contributed by atoms with van der Waals surface area (Å²) in [5.41, 5.74) is 3.28. The van der Waals surface area contributed by atoms with Gasteiger partial charge in [0, 0.05) is 17.8 Å². The van der Waals surface area contributed by atoms with Crippen molar-refractivity contribution in [2.24, 2.45) is 0 Å². The second-order valence-corrected chi connectivity index (χ2v) is 7.86. The molecule has 0 atom stereocenters. The number of carbonyl (C=O) groups is 1. The van der Waals surface area contributed by atoms with Crippen LogP contribution < -0.4 is 10.1 Å². The van der Waals surface area contributed by atoms with Gasteiger partial charge in [0.05, 0.1) is 19.2 Å². The van der Waals surface area contributed by atoms with Crippen molar-refractivity contribution in [3.05, 3.63) is 71.9 Å². The van der Waals surface area contributed by atoms with E-state index in [0.717, 1.165) is 42.8 Å². The van der Waals surface area contributed by atoms with Gasteiger partial charge in [-0.25, -0.2) is 0 Å².